The van der Waals surface area contributed by atoms with E-state index in [0.29, 0.717) is 0 Å². The van der Waals surface area contributed by atoms with Gasteiger partial charge in [0.25, 0.3) is 0 Å². The number of rotatable bonds is 7. The van der Waals surface area contributed by atoms with Crippen LogP contribution < -0.4 is 9.47 Å². The van der Waals surface area contributed by atoms with Crippen molar-refractivity contribution in [2.75, 3.05) is 14.2 Å². The largest absolute Gasteiger partial charge is 0.464 e. The van der Waals surface area contributed by atoms with E-state index in [0.717, 1.165) is 39.5 Å². The average Bonchev–Trinajstić information content (AvgIpc) is 2.69. The molecule has 4 nitrogen and oxygen atoms in total. The Morgan fingerprint density at radius 1 is 0.731 bits per heavy atom. The molecule has 26 heavy (non-hydrogen) atoms. The quantitative estimate of drug-likeness (QED) is 0.426. The highest BCUT2D eigenvalue weighted by molar-refractivity contribution is 6.11. The van der Waals surface area contributed by atoms with E-state index in [1.165, 1.54) is 5.56 Å². The highest BCUT2D eigenvalue weighted by atomic mass is 16.7. The van der Waals surface area contributed by atoms with Crippen LogP contribution in [0.4, 0.5) is 0 Å². The van der Waals surface area contributed by atoms with Crippen LogP contribution in [0.25, 0.3) is 21.5 Å². The molecule has 0 aliphatic heterocycles. The lowest BCUT2D eigenvalue weighted by atomic mass is 9.98. The Bertz CT molecular complexity index is 903. The summed E-state index contributed by atoms with van der Waals surface area (Å²) >= 11 is 0. The van der Waals surface area contributed by atoms with E-state index in [2.05, 4.69) is 31.2 Å². The first-order valence-electron chi connectivity index (χ1n) is 8.95. The first-order chi connectivity index (χ1) is 12.6. The van der Waals surface area contributed by atoms with Gasteiger partial charge in [0, 0.05) is 35.8 Å². The summed E-state index contributed by atoms with van der Waals surface area (Å²) in [6.45, 7) is 5.92. The van der Waals surface area contributed by atoms with E-state index < -0.39 is 0 Å². The maximum atomic E-state index is 6.17. The van der Waals surface area contributed by atoms with E-state index in [-0.39, 0.29) is 12.6 Å². The van der Waals surface area contributed by atoms with Crippen molar-refractivity contribution in [1.29, 1.82) is 0 Å². The fraction of sp³-hybridized carbons (Fsp3) is 0.364. The molecule has 0 fully saturated rings. The molecule has 138 valence electrons. The molecular formula is C22H26O4. The van der Waals surface area contributed by atoms with Crippen LogP contribution >= 0.6 is 0 Å². The van der Waals surface area contributed by atoms with Gasteiger partial charge in [0.2, 0.25) is 0 Å². The summed E-state index contributed by atoms with van der Waals surface area (Å²) in [5.41, 5.74) is 1.24. The zero-order valence-electron chi connectivity index (χ0n) is 16.0. The van der Waals surface area contributed by atoms with Gasteiger partial charge in [-0.2, -0.15) is 0 Å². The van der Waals surface area contributed by atoms with Gasteiger partial charge in [0.1, 0.15) is 11.5 Å². The van der Waals surface area contributed by atoms with Crippen molar-refractivity contribution in [3.63, 3.8) is 0 Å². The van der Waals surface area contributed by atoms with Crippen molar-refractivity contribution in [3.8, 4) is 11.5 Å². The fourth-order valence-electron chi connectivity index (χ4n) is 3.05. The SMILES string of the molecule is CCc1ccc2c(OC(C)OC)c3ccccc3c(OC(C)OC)c2c1. The summed E-state index contributed by atoms with van der Waals surface area (Å²) in [5.74, 6) is 1.63. The van der Waals surface area contributed by atoms with Crippen molar-refractivity contribution in [1.82, 2.24) is 0 Å². The zero-order valence-corrected chi connectivity index (χ0v) is 16.0. The molecule has 0 aliphatic rings. The van der Waals surface area contributed by atoms with Crippen LogP contribution in [0.15, 0.2) is 42.5 Å². The van der Waals surface area contributed by atoms with Crippen molar-refractivity contribution in [2.45, 2.75) is 39.8 Å². The van der Waals surface area contributed by atoms with E-state index in [1.54, 1.807) is 14.2 Å². The number of ether oxygens (including phenoxy) is 4. The number of aryl methyl sites for hydroxylation is 1. The van der Waals surface area contributed by atoms with Gasteiger partial charge in [0.05, 0.1) is 0 Å². The van der Waals surface area contributed by atoms with Gasteiger partial charge in [-0.1, -0.05) is 43.3 Å². The predicted octanol–water partition coefficient (Wildman–Crippen LogP) is 5.30. The van der Waals surface area contributed by atoms with Crippen LogP contribution in [0, 0.1) is 0 Å². The molecule has 0 aliphatic carbocycles. The van der Waals surface area contributed by atoms with Crippen LogP contribution in [-0.2, 0) is 15.9 Å². The predicted molar refractivity (Wildman–Crippen MR) is 105 cm³/mol. The van der Waals surface area contributed by atoms with Crippen LogP contribution in [0.1, 0.15) is 26.3 Å². The Hall–Kier alpha value is -2.30. The summed E-state index contributed by atoms with van der Waals surface area (Å²) in [5, 5.41) is 4.01. The zero-order chi connectivity index (χ0) is 18.7. The maximum Gasteiger partial charge on any atom is 0.196 e. The van der Waals surface area contributed by atoms with E-state index >= 15 is 0 Å². The maximum absolute atomic E-state index is 6.17. The van der Waals surface area contributed by atoms with Gasteiger partial charge >= 0.3 is 0 Å². The number of hydrogen-bond donors (Lipinski definition) is 0. The molecule has 0 saturated heterocycles. The number of fused-ring (bicyclic) bond motifs is 2. The van der Waals surface area contributed by atoms with Crippen LogP contribution in [0.5, 0.6) is 11.5 Å². The lowest BCUT2D eigenvalue weighted by molar-refractivity contribution is -0.0380. The normalized spacial score (nSPS) is 13.7. The molecular weight excluding hydrogens is 328 g/mol. The fourth-order valence-corrected chi connectivity index (χ4v) is 3.05. The molecule has 3 rings (SSSR count). The Labute approximate surface area is 154 Å². The number of benzene rings is 3. The Morgan fingerprint density at radius 3 is 1.73 bits per heavy atom. The lowest BCUT2D eigenvalue weighted by Crippen LogP contribution is -2.16. The van der Waals surface area contributed by atoms with Crippen LogP contribution in [0.2, 0.25) is 0 Å². The second-order valence-electron chi connectivity index (χ2n) is 6.28. The molecule has 0 amide bonds. The van der Waals surface area contributed by atoms with Gasteiger partial charge in [-0.3, -0.25) is 0 Å². The molecule has 0 spiro atoms. The second-order valence-corrected chi connectivity index (χ2v) is 6.28. The minimum atomic E-state index is -0.350. The summed E-state index contributed by atoms with van der Waals surface area (Å²) in [4.78, 5) is 0. The molecule has 2 atom stereocenters. The lowest BCUT2D eigenvalue weighted by Gasteiger charge is -2.22. The monoisotopic (exact) mass is 354 g/mol. The molecule has 0 aromatic heterocycles. The third kappa shape index (κ3) is 3.48. The molecule has 0 bridgehead atoms. The Kier molecular flexibility index (Phi) is 5.64. The highest BCUT2D eigenvalue weighted by Gasteiger charge is 2.19. The molecule has 0 radical (unpaired) electrons. The summed E-state index contributed by atoms with van der Waals surface area (Å²) < 4.78 is 23.0. The molecule has 0 saturated carbocycles. The smallest absolute Gasteiger partial charge is 0.196 e. The van der Waals surface area contributed by atoms with Crippen molar-refractivity contribution in [3.05, 3.63) is 48.0 Å². The van der Waals surface area contributed by atoms with Crippen LogP contribution in [0.3, 0.4) is 0 Å². The topological polar surface area (TPSA) is 36.9 Å². The Morgan fingerprint density at radius 2 is 1.23 bits per heavy atom. The standard InChI is InChI=1S/C22H26O4/c1-6-16-11-12-19-20(13-16)22(26-15(3)24-5)18-10-8-7-9-17(18)21(19)25-14(2)23-4/h7-15H,6H2,1-5H3. The third-order valence-corrected chi connectivity index (χ3v) is 4.63. The summed E-state index contributed by atoms with van der Waals surface area (Å²) in [6.07, 6.45) is 0.251. The first-order valence-corrected chi connectivity index (χ1v) is 8.95. The highest BCUT2D eigenvalue weighted by Crippen LogP contribution is 2.43. The van der Waals surface area contributed by atoms with E-state index in [9.17, 15) is 0 Å². The molecule has 4 heteroatoms. The molecule has 3 aromatic rings. The Balaban J connectivity index is 2.36. The average molecular weight is 354 g/mol. The van der Waals surface area contributed by atoms with E-state index in [4.69, 9.17) is 18.9 Å². The molecule has 0 heterocycles. The minimum Gasteiger partial charge on any atom is -0.464 e. The van der Waals surface area contributed by atoms with Gasteiger partial charge in [-0.05, 0) is 31.9 Å². The number of methoxy groups -OCH3 is 2. The van der Waals surface area contributed by atoms with Gasteiger partial charge in [0.15, 0.2) is 12.6 Å². The second kappa shape index (κ2) is 7.94. The van der Waals surface area contributed by atoms with Gasteiger partial charge in [-0.15, -0.1) is 0 Å². The minimum absolute atomic E-state index is 0.350. The summed E-state index contributed by atoms with van der Waals surface area (Å²) in [7, 11) is 3.28. The van der Waals surface area contributed by atoms with Crippen molar-refractivity contribution >= 4 is 21.5 Å². The van der Waals surface area contributed by atoms with Crippen molar-refractivity contribution in [2.24, 2.45) is 0 Å². The van der Waals surface area contributed by atoms with E-state index in [1.807, 2.05) is 32.0 Å². The van der Waals surface area contributed by atoms with Gasteiger partial charge < -0.3 is 18.9 Å². The molecule has 3 aromatic carbocycles. The third-order valence-electron chi connectivity index (χ3n) is 4.63. The van der Waals surface area contributed by atoms with Crippen LogP contribution in [-0.4, -0.2) is 26.8 Å². The van der Waals surface area contributed by atoms with Gasteiger partial charge in [-0.25, -0.2) is 0 Å². The van der Waals surface area contributed by atoms with Crippen molar-refractivity contribution < 1.29 is 18.9 Å². The summed E-state index contributed by atoms with van der Waals surface area (Å²) in [6, 6.07) is 14.5. The molecule has 2 unspecified atom stereocenters. The first kappa shape index (κ1) is 18.5. The molecule has 0 N–H and O–H groups in total. The number of hydrogen-bond acceptors (Lipinski definition) is 4.